The third-order valence-electron chi connectivity index (χ3n) is 6.29. The number of fused-ring (bicyclic) bond motifs is 3. The van der Waals surface area contributed by atoms with E-state index in [1.54, 1.807) is 18.7 Å². The molecule has 9 nitrogen and oxygen atoms in total. The Morgan fingerprint density at radius 2 is 1.24 bits per heavy atom. The Hall–Kier alpha value is -4.40. The van der Waals surface area contributed by atoms with Crippen LogP contribution in [-0.2, 0) is 12.8 Å². The van der Waals surface area contributed by atoms with Gasteiger partial charge in [0.2, 0.25) is 5.95 Å². The maximum absolute atomic E-state index is 5.02. The molecule has 0 aliphatic rings. The van der Waals surface area contributed by atoms with Gasteiger partial charge in [0.05, 0.1) is 22.4 Å². The molecule has 6 aromatic rings. The Bertz CT molecular complexity index is 1580. The number of rotatable bonds is 7. The van der Waals surface area contributed by atoms with Crippen molar-refractivity contribution < 1.29 is 0 Å². The normalized spacial score (nSPS) is 11.9. The summed E-state index contributed by atoms with van der Waals surface area (Å²) in [6.45, 7) is 8.77. The van der Waals surface area contributed by atoms with Crippen molar-refractivity contribution in [2.45, 2.75) is 40.5 Å². The zero-order chi connectivity index (χ0) is 25.5. The van der Waals surface area contributed by atoms with Crippen molar-refractivity contribution in [2.24, 2.45) is 11.8 Å². The molecule has 0 bridgehead atoms. The van der Waals surface area contributed by atoms with Gasteiger partial charge in [-0.25, -0.2) is 9.97 Å². The highest BCUT2D eigenvalue weighted by atomic mass is 15.2. The van der Waals surface area contributed by atoms with Crippen LogP contribution in [0, 0.1) is 11.8 Å². The first-order valence-corrected chi connectivity index (χ1v) is 12.6. The minimum atomic E-state index is 0.510. The lowest BCUT2D eigenvalue weighted by molar-refractivity contribution is 0.637. The number of aromatic nitrogens is 9. The lowest BCUT2D eigenvalue weighted by Gasteiger charge is -2.12. The van der Waals surface area contributed by atoms with E-state index in [9.17, 15) is 0 Å². The first kappa shape index (κ1) is 23.0. The molecule has 0 N–H and O–H groups in total. The zero-order valence-corrected chi connectivity index (χ0v) is 21.4. The minimum Gasteiger partial charge on any atom is -0.293 e. The largest absolute Gasteiger partial charge is 0.293 e. The number of nitrogens with zero attached hydrogens (tertiary/aromatic N) is 9. The van der Waals surface area contributed by atoms with Gasteiger partial charge in [-0.3, -0.25) is 23.7 Å². The van der Waals surface area contributed by atoms with Crippen molar-refractivity contribution >= 4 is 21.8 Å². The van der Waals surface area contributed by atoms with E-state index in [-0.39, 0.29) is 0 Å². The molecule has 0 saturated carbocycles. The second kappa shape index (κ2) is 9.24. The Balaban J connectivity index is 1.57. The Labute approximate surface area is 214 Å². The third kappa shape index (κ3) is 4.37. The summed E-state index contributed by atoms with van der Waals surface area (Å²) >= 11 is 0. The standard InChI is InChI=1S/C28H29N9/c1-18(2)9-20-14-35(16-31-20)26-11-27(34-28(33-26)36-15-21(32-17-36)10-19(3)4)37-24-5-7-29-12-22(24)23-13-30-8-6-25(23)37/h5-8,11-19H,9-10H2,1-4H3. The van der Waals surface area contributed by atoms with Crippen molar-refractivity contribution in [3.8, 4) is 17.6 Å². The molecule has 0 aliphatic carbocycles. The first-order chi connectivity index (χ1) is 18.0. The summed E-state index contributed by atoms with van der Waals surface area (Å²) in [7, 11) is 0. The second-order valence-corrected chi connectivity index (χ2v) is 10.2. The van der Waals surface area contributed by atoms with Crippen LogP contribution in [0.15, 0.2) is 68.0 Å². The SMILES string of the molecule is CC(C)Cc1cn(-c2cc(-n3c4ccncc4c4cnccc43)nc(-n3cnc(CC(C)C)c3)n2)cn1. The fourth-order valence-corrected chi connectivity index (χ4v) is 4.74. The molecule has 0 unspecified atom stereocenters. The number of pyridine rings is 2. The molecule has 0 aliphatic heterocycles. The maximum Gasteiger partial charge on any atom is 0.238 e. The van der Waals surface area contributed by atoms with Crippen LogP contribution in [0.5, 0.6) is 0 Å². The van der Waals surface area contributed by atoms with Gasteiger partial charge >= 0.3 is 0 Å². The van der Waals surface area contributed by atoms with Crippen molar-refractivity contribution in [3.63, 3.8) is 0 Å². The first-order valence-electron chi connectivity index (χ1n) is 12.6. The molecule has 0 amide bonds. The number of hydrogen-bond acceptors (Lipinski definition) is 6. The van der Waals surface area contributed by atoms with Gasteiger partial charge < -0.3 is 0 Å². The van der Waals surface area contributed by atoms with Gasteiger partial charge in [0.25, 0.3) is 0 Å². The van der Waals surface area contributed by atoms with Gasteiger partial charge in [0.1, 0.15) is 24.3 Å². The average molecular weight is 492 g/mol. The van der Waals surface area contributed by atoms with Gasteiger partial charge in [-0.1, -0.05) is 27.7 Å². The van der Waals surface area contributed by atoms with Gasteiger partial charge in [0, 0.05) is 54.0 Å². The fourth-order valence-electron chi connectivity index (χ4n) is 4.74. The summed E-state index contributed by atoms with van der Waals surface area (Å²) in [6.07, 6.45) is 16.8. The van der Waals surface area contributed by atoms with E-state index >= 15 is 0 Å². The van der Waals surface area contributed by atoms with Crippen molar-refractivity contribution in [2.75, 3.05) is 0 Å². The smallest absolute Gasteiger partial charge is 0.238 e. The summed E-state index contributed by atoms with van der Waals surface area (Å²) in [5, 5.41) is 2.05. The van der Waals surface area contributed by atoms with E-state index < -0.39 is 0 Å². The highest BCUT2D eigenvalue weighted by Crippen LogP contribution is 2.30. The lowest BCUT2D eigenvalue weighted by Crippen LogP contribution is -2.08. The number of hydrogen-bond donors (Lipinski definition) is 0. The zero-order valence-electron chi connectivity index (χ0n) is 21.4. The summed E-state index contributed by atoms with van der Waals surface area (Å²) < 4.78 is 6.00. The van der Waals surface area contributed by atoms with Crippen LogP contribution in [0.1, 0.15) is 39.1 Å². The Kier molecular flexibility index (Phi) is 5.75. The van der Waals surface area contributed by atoms with E-state index in [0.717, 1.165) is 57.7 Å². The van der Waals surface area contributed by atoms with E-state index in [1.165, 1.54) is 0 Å². The molecule has 0 radical (unpaired) electrons. The summed E-state index contributed by atoms with van der Waals surface area (Å²) in [5.74, 6) is 3.06. The topological polar surface area (TPSA) is 92.1 Å². The molecule has 0 saturated heterocycles. The van der Waals surface area contributed by atoms with E-state index in [2.05, 4.69) is 52.2 Å². The monoisotopic (exact) mass is 491 g/mol. The van der Waals surface area contributed by atoms with Crippen LogP contribution in [-0.4, -0.2) is 43.6 Å². The molecule has 186 valence electrons. The van der Waals surface area contributed by atoms with Crippen LogP contribution >= 0.6 is 0 Å². The Morgan fingerprint density at radius 3 is 1.84 bits per heavy atom. The van der Waals surface area contributed by atoms with Crippen LogP contribution in [0.4, 0.5) is 0 Å². The summed E-state index contributed by atoms with van der Waals surface area (Å²) in [4.78, 5) is 27.9. The summed E-state index contributed by atoms with van der Waals surface area (Å²) in [5.41, 5.74) is 4.06. The van der Waals surface area contributed by atoms with E-state index in [4.69, 9.17) is 9.97 Å². The molecule has 6 heterocycles. The predicted octanol–water partition coefficient (Wildman–Crippen LogP) is 5.13. The van der Waals surface area contributed by atoms with Gasteiger partial charge in [-0.2, -0.15) is 9.97 Å². The van der Waals surface area contributed by atoms with E-state index in [0.29, 0.717) is 17.8 Å². The van der Waals surface area contributed by atoms with Crippen LogP contribution in [0.3, 0.4) is 0 Å². The molecular weight excluding hydrogens is 462 g/mol. The summed E-state index contributed by atoms with van der Waals surface area (Å²) in [6, 6.07) is 6.01. The van der Waals surface area contributed by atoms with Crippen LogP contribution in [0.2, 0.25) is 0 Å². The molecule has 0 spiro atoms. The second-order valence-electron chi connectivity index (χ2n) is 10.2. The van der Waals surface area contributed by atoms with Crippen molar-refractivity contribution in [1.29, 1.82) is 0 Å². The average Bonchev–Trinajstić information content (AvgIpc) is 3.61. The van der Waals surface area contributed by atoms with E-state index in [1.807, 2.05) is 58.4 Å². The van der Waals surface area contributed by atoms with Gasteiger partial charge in [-0.05, 0) is 36.8 Å². The minimum absolute atomic E-state index is 0.510. The fraction of sp³-hybridized carbons (Fsp3) is 0.286. The maximum atomic E-state index is 5.02. The van der Waals surface area contributed by atoms with Crippen molar-refractivity contribution in [3.05, 3.63) is 79.4 Å². The number of imidazole rings is 2. The highest BCUT2D eigenvalue weighted by Gasteiger charge is 2.17. The van der Waals surface area contributed by atoms with Gasteiger partial charge in [-0.15, -0.1) is 0 Å². The van der Waals surface area contributed by atoms with Crippen molar-refractivity contribution in [1.82, 2.24) is 43.6 Å². The molecule has 37 heavy (non-hydrogen) atoms. The highest BCUT2D eigenvalue weighted by molar-refractivity contribution is 6.08. The van der Waals surface area contributed by atoms with Crippen LogP contribution in [0.25, 0.3) is 39.4 Å². The molecule has 6 rings (SSSR count). The quantitative estimate of drug-likeness (QED) is 0.307. The van der Waals surface area contributed by atoms with Gasteiger partial charge in [0.15, 0.2) is 0 Å². The molecule has 6 aromatic heterocycles. The predicted molar refractivity (Wildman–Crippen MR) is 143 cm³/mol. The third-order valence-corrected chi connectivity index (χ3v) is 6.29. The molecule has 9 heteroatoms. The van der Waals surface area contributed by atoms with Crippen LogP contribution < -0.4 is 0 Å². The molecule has 0 fully saturated rings. The molecule has 0 aromatic carbocycles. The Morgan fingerprint density at radius 1 is 0.703 bits per heavy atom. The molecule has 0 atom stereocenters. The lowest BCUT2D eigenvalue weighted by atomic mass is 10.1. The molecular formula is C28H29N9.